The second-order valence-corrected chi connectivity index (χ2v) is 7.87. The molecular formula is C22H30N6O2. The Balaban J connectivity index is 1.51. The number of aromatic nitrogens is 2. The SMILES string of the molecule is [2H][C@@H](CCC)Oc1nc(N)c2c(n1)N(Cc1ccc(CN3CCCC3)cc1)CC(=O)N2. The molecule has 2 aromatic rings. The number of amides is 1. The minimum Gasteiger partial charge on any atom is -0.463 e. The summed E-state index contributed by atoms with van der Waals surface area (Å²) in [5, 5.41) is 2.76. The van der Waals surface area contributed by atoms with Crippen LogP contribution in [0.2, 0.25) is 0 Å². The Kier molecular flexibility index (Phi) is 5.92. The van der Waals surface area contributed by atoms with Gasteiger partial charge in [0.15, 0.2) is 11.6 Å². The maximum atomic E-state index is 12.2. The number of likely N-dealkylation sites (tertiary alicyclic amines) is 1. The van der Waals surface area contributed by atoms with Crippen molar-refractivity contribution in [3.8, 4) is 6.01 Å². The first-order chi connectivity index (χ1) is 15.0. The van der Waals surface area contributed by atoms with Crippen molar-refractivity contribution in [2.24, 2.45) is 0 Å². The second-order valence-electron chi connectivity index (χ2n) is 7.87. The largest absolute Gasteiger partial charge is 0.463 e. The fourth-order valence-electron chi connectivity index (χ4n) is 3.83. The molecule has 1 aromatic carbocycles. The molecular weight excluding hydrogens is 380 g/mol. The van der Waals surface area contributed by atoms with Crippen molar-refractivity contribution in [2.45, 2.75) is 45.7 Å². The van der Waals surface area contributed by atoms with Crippen molar-refractivity contribution in [1.82, 2.24) is 14.9 Å². The smallest absolute Gasteiger partial charge is 0.320 e. The zero-order chi connectivity index (χ0) is 21.8. The summed E-state index contributed by atoms with van der Waals surface area (Å²) in [6.07, 6.45) is 3.96. The molecule has 0 saturated carbocycles. The molecule has 2 aliphatic rings. The highest BCUT2D eigenvalue weighted by Crippen LogP contribution is 2.34. The molecule has 0 unspecified atom stereocenters. The van der Waals surface area contributed by atoms with Crippen LogP contribution in [-0.2, 0) is 17.9 Å². The molecule has 0 bridgehead atoms. The van der Waals surface area contributed by atoms with Crippen LogP contribution < -0.4 is 20.7 Å². The van der Waals surface area contributed by atoms with Gasteiger partial charge < -0.3 is 20.7 Å². The summed E-state index contributed by atoms with van der Waals surface area (Å²) in [4.78, 5) is 25.2. The van der Waals surface area contributed by atoms with Crippen LogP contribution in [0.4, 0.5) is 17.3 Å². The normalized spacial score (nSPS) is 18.0. The predicted octanol–water partition coefficient (Wildman–Crippen LogP) is 2.79. The number of hydrogen-bond donors (Lipinski definition) is 2. The Morgan fingerprint density at radius 3 is 2.57 bits per heavy atom. The molecule has 0 spiro atoms. The van der Waals surface area contributed by atoms with Gasteiger partial charge in [0.05, 0.1) is 14.5 Å². The van der Waals surface area contributed by atoms with Gasteiger partial charge in [-0.3, -0.25) is 9.69 Å². The molecule has 8 heteroatoms. The van der Waals surface area contributed by atoms with Crippen LogP contribution in [0.5, 0.6) is 6.01 Å². The summed E-state index contributed by atoms with van der Waals surface area (Å²) >= 11 is 0. The number of rotatable bonds is 8. The molecule has 1 aromatic heterocycles. The number of nitrogens with zero attached hydrogens (tertiary/aromatic N) is 4. The Hall–Kier alpha value is -2.87. The first-order valence-electron chi connectivity index (χ1n) is 11.2. The van der Waals surface area contributed by atoms with Crippen LogP contribution in [0.1, 0.15) is 45.1 Å². The van der Waals surface area contributed by atoms with Crippen molar-refractivity contribution in [3.63, 3.8) is 0 Å². The third-order valence-electron chi connectivity index (χ3n) is 5.39. The van der Waals surface area contributed by atoms with Crippen molar-refractivity contribution < 1.29 is 10.9 Å². The number of benzene rings is 1. The third-order valence-corrected chi connectivity index (χ3v) is 5.39. The van der Waals surface area contributed by atoms with E-state index in [1.54, 1.807) is 0 Å². The zero-order valence-electron chi connectivity index (χ0n) is 18.4. The zero-order valence-corrected chi connectivity index (χ0v) is 17.4. The monoisotopic (exact) mass is 411 g/mol. The van der Waals surface area contributed by atoms with E-state index < -0.39 is 6.58 Å². The molecule has 2 aliphatic heterocycles. The topological polar surface area (TPSA) is 96.6 Å². The van der Waals surface area contributed by atoms with Crippen molar-refractivity contribution in [2.75, 3.05) is 42.2 Å². The molecule has 4 rings (SSSR count). The molecule has 1 amide bonds. The summed E-state index contributed by atoms with van der Waals surface area (Å²) < 4.78 is 13.5. The molecule has 0 aliphatic carbocycles. The fraction of sp³-hybridized carbons (Fsp3) is 0.500. The quantitative estimate of drug-likeness (QED) is 0.689. The summed E-state index contributed by atoms with van der Waals surface area (Å²) in [5.74, 6) is 0.501. The van der Waals surface area contributed by atoms with Gasteiger partial charge in [-0.05, 0) is 43.5 Å². The number of nitrogen functional groups attached to an aromatic ring is 1. The molecule has 0 radical (unpaired) electrons. The van der Waals surface area contributed by atoms with E-state index >= 15 is 0 Å². The first kappa shape index (κ1) is 19.1. The number of hydrogen-bond acceptors (Lipinski definition) is 7. The fourth-order valence-corrected chi connectivity index (χ4v) is 3.83. The molecule has 3 N–H and O–H groups in total. The number of fused-ring (bicyclic) bond motifs is 1. The van der Waals surface area contributed by atoms with Gasteiger partial charge in [0.25, 0.3) is 0 Å². The van der Waals surface area contributed by atoms with Gasteiger partial charge in [-0.25, -0.2) is 0 Å². The van der Waals surface area contributed by atoms with Gasteiger partial charge in [-0.2, -0.15) is 9.97 Å². The first-order valence-corrected chi connectivity index (χ1v) is 10.6. The molecule has 8 nitrogen and oxygen atoms in total. The molecule has 160 valence electrons. The summed E-state index contributed by atoms with van der Waals surface area (Å²) in [7, 11) is 0. The van der Waals surface area contributed by atoms with Crippen molar-refractivity contribution in [1.29, 1.82) is 0 Å². The van der Waals surface area contributed by atoms with Gasteiger partial charge in [0, 0.05) is 13.1 Å². The van der Waals surface area contributed by atoms with Crippen molar-refractivity contribution >= 4 is 23.2 Å². The summed E-state index contributed by atoms with van der Waals surface area (Å²) in [6, 6.07) is 8.56. The van der Waals surface area contributed by atoms with E-state index in [4.69, 9.17) is 11.8 Å². The number of nitrogens with two attached hydrogens (primary N) is 1. The average molecular weight is 412 g/mol. The lowest BCUT2D eigenvalue weighted by molar-refractivity contribution is -0.115. The van der Waals surface area contributed by atoms with Gasteiger partial charge >= 0.3 is 6.01 Å². The van der Waals surface area contributed by atoms with Crippen LogP contribution in [0.15, 0.2) is 24.3 Å². The van der Waals surface area contributed by atoms with E-state index in [-0.39, 0.29) is 24.3 Å². The Bertz CT molecular complexity index is 917. The summed E-state index contributed by atoms with van der Waals surface area (Å²) in [6.45, 7) is 5.23. The number of carbonyl (C=O) groups excluding carboxylic acids is 1. The van der Waals surface area contributed by atoms with E-state index in [9.17, 15) is 4.79 Å². The highest BCUT2D eigenvalue weighted by Gasteiger charge is 2.27. The lowest BCUT2D eigenvalue weighted by Crippen LogP contribution is -2.39. The van der Waals surface area contributed by atoms with Crippen LogP contribution in [0, 0.1) is 0 Å². The predicted molar refractivity (Wildman–Crippen MR) is 117 cm³/mol. The van der Waals surface area contributed by atoms with Gasteiger partial charge in [0.1, 0.15) is 5.69 Å². The van der Waals surface area contributed by atoms with Gasteiger partial charge in [-0.1, -0.05) is 37.6 Å². The molecule has 30 heavy (non-hydrogen) atoms. The number of carbonyl (C=O) groups is 1. The Morgan fingerprint density at radius 2 is 1.87 bits per heavy atom. The number of ether oxygens (including phenoxy) is 1. The van der Waals surface area contributed by atoms with Gasteiger partial charge in [0.2, 0.25) is 5.91 Å². The minimum atomic E-state index is -0.753. The van der Waals surface area contributed by atoms with Gasteiger partial charge in [-0.15, -0.1) is 0 Å². The van der Waals surface area contributed by atoms with Crippen molar-refractivity contribution in [3.05, 3.63) is 35.4 Å². The van der Waals surface area contributed by atoms with E-state index in [0.717, 1.165) is 18.5 Å². The lowest BCUT2D eigenvalue weighted by atomic mass is 10.1. The highest BCUT2D eigenvalue weighted by atomic mass is 16.5. The second kappa shape index (κ2) is 9.30. The van der Waals surface area contributed by atoms with E-state index in [1.807, 2.05) is 11.8 Å². The number of anilines is 3. The molecule has 1 saturated heterocycles. The van der Waals surface area contributed by atoms with E-state index in [2.05, 4.69) is 44.5 Å². The highest BCUT2D eigenvalue weighted by molar-refractivity contribution is 6.03. The third kappa shape index (κ3) is 4.81. The number of nitrogens with one attached hydrogen (secondary N) is 1. The standard InChI is InChI=1S/C22H30N6O2/c1-2-3-12-30-22-25-20(23)19-21(26-22)28(15-18(29)24-19)14-17-8-6-16(7-9-17)13-27-10-4-5-11-27/h6-9H,2-5,10-15H2,1H3,(H,24,29)(H2,23,25,26)/i12D/t12-/m0/s1. The molecule has 1 fully saturated rings. The Morgan fingerprint density at radius 1 is 1.17 bits per heavy atom. The summed E-state index contributed by atoms with van der Waals surface area (Å²) in [5.41, 5.74) is 8.84. The van der Waals surface area contributed by atoms with Crippen LogP contribution in [0.3, 0.4) is 0 Å². The van der Waals surface area contributed by atoms with E-state index in [1.165, 1.54) is 31.5 Å². The van der Waals surface area contributed by atoms with E-state index in [0.29, 0.717) is 24.5 Å². The maximum Gasteiger partial charge on any atom is 0.320 e. The maximum absolute atomic E-state index is 12.2. The minimum absolute atomic E-state index is 0.0619. The molecule has 3 heterocycles. The van der Waals surface area contributed by atoms with Crippen LogP contribution in [-0.4, -0.2) is 47.0 Å². The molecule has 1 atom stereocenters. The van der Waals surface area contributed by atoms with Crippen LogP contribution in [0.25, 0.3) is 0 Å². The average Bonchev–Trinajstić information content (AvgIpc) is 3.23. The lowest BCUT2D eigenvalue weighted by Gasteiger charge is -2.30. The Labute approximate surface area is 178 Å². The van der Waals surface area contributed by atoms with Crippen LogP contribution >= 0.6 is 0 Å².